The monoisotopic (exact) mass is 409 g/mol. The second-order valence-corrected chi connectivity index (χ2v) is 7.50. The Morgan fingerprint density at radius 1 is 1.17 bits per heavy atom. The average molecular weight is 410 g/mol. The maximum Gasteiger partial charge on any atom is 0.339 e. The number of halogens is 1. The number of benzene rings is 2. The molecule has 2 aromatic carbocycles. The van der Waals surface area contributed by atoms with Crippen LogP contribution in [0.2, 0.25) is 0 Å². The van der Waals surface area contributed by atoms with Crippen molar-refractivity contribution in [3.8, 4) is 11.3 Å². The number of esters is 1. The van der Waals surface area contributed by atoms with Gasteiger partial charge in [-0.05, 0) is 45.0 Å². The van der Waals surface area contributed by atoms with Gasteiger partial charge < -0.3 is 17.1 Å². The number of nitrogens with zero attached hydrogens (tertiary/aromatic N) is 2. The molecule has 2 heterocycles. The van der Waals surface area contributed by atoms with Gasteiger partial charge in [0.1, 0.15) is 6.10 Å². The topological polar surface area (TPSA) is 42.4 Å². The van der Waals surface area contributed by atoms with Gasteiger partial charge >= 0.3 is 5.97 Å². The highest BCUT2D eigenvalue weighted by atomic mass is 35.5. The van der Waals surface area contributed by atoms with E-state index in [0.717, 1.165) is 54.6 Å². The standard InChI is InChI=1S/C24H26N2O2.ClH/c1-3-26-14-6-7-19(16-26)28-24(27)21-15-23(18-12-10-17(2)11-13-18)25-22-9-5-4-8-20(21)22;/h4-5,8-13,15,19H,3,6-7,14,16H2,1-2H3;1H/p-1. The highest BCUT2D eigenvalue weighted by Gasteiger charge is 2.24. The molecule has 1 unspecified atom stereocenters. The van der Waals surface area contributed by atoms with Crippen LogP contribution in [-0.2, 0) is 4.74 Å². The van der Waals surface area contributed by atoms with E-state index in [0.29, 0.717) is 5.56 Å². The molecule has 4 nitrogen and oxygen atoms in total. The Labute approximate surface area is 178 Å². The van der Waals surface area contributed by atoms with E-state index in [2.05, 4.69) is 30.9 Å². The number of likely N-dealkylation sites (N-methyl/N-ethyl adjacent to an activating group) is 1. The molecule has 1 fully saturated rings. The molecule has 1 aliphatic heterocycles. The van der Waals surface area contributed by atoms with Crippen LogP contribution in [0.25, 0.3) is 22.2 Å². The van der Waals surface area contributed by atoms with Crippen molar-refractivity contribution in [1.82, 2.24) is 9.88 Å². The minimum absolute atomic E-state index is 0. The molecule has 1 saturated heterocycles. The van der Waals surface area contributed by atoms with Crippen LogP contribution in [-0.4, -0.2) is 41.6 Å². The van der Waals surface area contributed by atoms with Crippen LogP contribution in [0.5, 0.6) is 0 Å². The van der Waals surface area contributed by atoms with Crippen LogP contribution in [0.1, 0.15) is 35.7 Å². The third-order valence-electron chi connectivity index (χ3n) is 5.47. The number of fused-ring (bicyclic) bond motifs is 1. The molecule has 1 atom stereocenters. The highest BCUT2D eigenvalue weighted by molar-refractivity contribution is 6.04. The fourth-order valence-electron chi connectivity index (χ4n) is 3.83. The first kappa shape index (κ1) is 21.3. The van der Waals surface area contributed by atoms with Crippen LogP contribution in [0.4, 0.5) is 0 Å². The summed E-state index contributed by atoms with van der Waals surface area (Å²) in [5, 5.41) is 0.839. The van der Waals surface area contributed by atoms with Crippen molar-refractivity contribution in [3.05, 3.63) is 65.7 Å². The predicted octanol–water partition coefficient (Wildman–Crippen LogP) is 1.86. The summed E-state index contributed by atoms with van der Waals surface area (Å²) in [5.41, 5.74) is 4.40. The van der Waals surface area contributed by atoms with Gasteiger partial charge in [-0.1, -0.05) is 55.0 Å². The van der Waals surface area contributed by atoms with Gasteiger partial charge in [-0.25, -0.2) is 9.78 Å². The minimum atomic E-state index is -0.255. The maximum atomic E-state index is 13.1. The summed E-state index contributed by atoms with van der Waals surface area (Å²) in [7, 11) is 0. The lowest BCUT2D eigenvalue weighted by Crippen LogP contribution is -3.00. The fraction of sp³-hybridized carbons (Fsp3) is 0.333. The fourth-order valence-corrected chi connectivity index (χ4v) is 3.83. The molecular weight excluding hydrogens is 384 g/mol. The van der Waals surface area contributed by atoms with Crippen molar-refractivity contribution in [3.63, 3.8) is 0 Å². The van der Waals surface area contributed by atoms with Gasteiger partial charge in [-0.2, -0.15) is 0 Å². The van der Waals surface area contributed by atoms with Crippen LogP contribution in [0.15, 0.2) is 54.6 Å². The molecule has 152 valence electrons. The lowest BCUT2D eigenvalue weighted by molar-refractivity contribution is -0.000103. The zero-order chi connectivity index (χ0) is 19.5. The lowest BCUT2D eigenvalue weighted by atomic mass is 10.0. The molecule has 5 heteroatoms. The van der Waals surface area contributed by atoms with E-state index < -0.39 is 0 Å². The summed E-state index contributed by atoms with van der Waals surface area (Å²) >= 11 is 0. The van der Waals surface area contributed by atoms with Crippen LogP contribution < -0.4 is 12.4 Å². The molecule has 29 heavy (non-hydrogen) atoms. The Balaban J connectivity index is 0.00000240. The minimum Gasteiger partial charge on any atom is -1.00 e. The number of para-hydroxylation sites is 1. The van der Waals surface area contributed by atoms with Gasteiger partial charge in [0.05, 0.1) is 16.8 Å². The average Bonchev–Trinajstić information content (AvgIpc) is 2.73. The van der Waals surface area contributed by atoms with Crippen molar-refractivity contribution in [1.29, 1.82) is 0 Å². The largest absolute Gasteiger partial charge is 1.00 e. The van der Waals surface area contributed by atoms with Gasteiger partial charge in [0.25, 0.3) is 0 Å². The first-order chi connectivity index (χ1) is 13.6. The SMILES string of the molecule is CCN1CCCC(OC(=O)c2cc(-c3ccc(C)cc3)nc3ccccc23)C1.[Cl-]. The summed E-state index contributed by atoms with van der Waals surface area (Å²) < 4.78 is 5.92. The number of hydrogen-bond acceptors (Lipinski definition) is 4. The van der Waals surface area contributed by atoms with Crippen molar-refractivity contribution in [2.24, 2.45) is 0 Å². The third-order valence-corrected chi connectivity index (χ3v) is 5.47. The van der Waals surface area contributed by atoms with Gasteiger partial charge in [0.2, 0.25) is 0 Å². The Morgan fingerprint density at radius 2 is 1.93 bits per heavy atom. The Morgan fingerprint density at radius 3 is 2.69 bits per heavy atom. The third kappa shape index (κ3) is 4.77. The second-order valence-electron chi connectivity index (χ2n) is 7.50. The van der Waals surface area contributed by atoms with Gasteiger partial charge in [0.15, 0.2) is 0 Å². The summed E-state index contributed by atoms with van der Waals surface area (Å²) in [4.78, 5) is 20.2. The first-order valence-electron chi connectivity index (χ1n) is 10.0. The highest BCUT2D eigenvalue weighted by Crippen LogP contribution is 2.26. The molecule has 0 bridgehead atoms. The summed E-state index contributed by atoms with van der Waals surface area (Å²) in [5.74, 6) is -0.255. The van der Waals surface area contributed by atoms with Gasteiger partial charge in [-0.3, -0.25) is 4.90 Å². The number of carbonyl (C=O) groups excluding carboxylic acids is 1. The van der Waals surface area contributed by atoms with Crippen LogP contribution in [0, 0.1) is 6.92 Å². The summed E-state index contributed by atoms with van der Waals surface area (Å²) in [6.07, 6.45) is 1.95. The molecule has 0 saturated carbocycles. The van der Waals surface area contributed by atoms with Gasteiger partial charge in [-0.15, -0.1) is 0 Å². The number of pyridine rings is 1. The van der Waals surface area contributed by atoms with Crippen molar-refractivity contribution in [2.45, 2.75) is 32.8 Å². The number of aromatic nitrogens is 1. The number of aryl methyl sites for hydroxylation is 1. The van der Waals surface area contributed by atoms with Crippen molar-refractivity contribution in [2.75, 3.05) is 19.6 Å². The molecule has 0 spiro atoms. The molecule has 0 radical (unpaired) electrons. The molecule has 0 N–H and O–H groups in total. The zero-order valence-electron chi connectivity index (χ0n) is 16.9. The quantitative estimate of drug-likeness (QED) is 0.617. The number of likely N-dealkylation sites (tertiary alicyclic amines) is 1. The van der Waals surface area contributed by atoms with E-state index in [9.17, 15) is 4.79 Å². The van der Waals surface area contributed by atoms with Gasteiger partial charge in [0, 0.05) is 17.5 Å². The van der Waals surface area contributed by atoms with Crippen LogP contribution in [0.3, 0.4) is 0 Å². The molecule has 1 aromatic heterocycles. The molecule has 3 aromatic rings. The Bertz CT molecular complexity index is 988. The van der Waals surface area contributed by atoms with Crippen molar-refractivity contribution >= 4 is 16.9 Å². The van der Waals surface area contributed by atoms with E-state index in [1.165, 1.54) is 5.56 Å². The molecule has 4 rings (SSSR count). The Hall–Kier alpha value is -2.43. The lowest BCUT2D eigenvalue weighted by Gasteiger charge is -2.31. The number of piperidine rings is 1. The molecule has 0 amide bonds. The molecular formula is C24H26ClN2O2-. The normalized spacial score (nSPS) is 17.0. The van der Waals surface area contributed by atoms with E-state index >= 15 is 0 Å². The number of carbonyl (C=O) groups is 1. The molecule has 1 aliphatic rings. The maximum absolute atomic E-state index is 13.1. The Kier molecular flexibility index (Phi) is 6.88. The summed E-state index contributed by atoms with van der Waals surface area (Å²) in [6, 6.07) is 17.9. The zero-order valence-corrected chi connectivity index (χ0v) is 17.7. The number of rotatable bonds is 4. The number of ether oxygens (including phenoxy) is 1. The second kappa shape index (κ2) is 9.38. The summed E-state index contributed by atoms with van der Waals surface area (Å²) in [6.45, 7) is 7.10. The molecule has 0 aliphatic carbocycles. The first-order valence-corrected chi connectivity index (χ1v) is 10.0. The number of hydrogen-bond donors (Lipinski definition) is 0. The predicted molar refractivity (Wildman–Crippen MR) is 112 cm³/mol. The van der Waals surface area contributed by atoms with E-state index in [1.807, 2.05) is 42.5 Å². The van der Waals surface area contributed by atoms with E-state index in [1.54, 1.807) is 0 Å². The van der Waals surface area contributed by atoms with E-state index in [-0.39, 0.29) is 24.5 Å². The smallest absolute Gasteiger partial charge is 0.339 e. The van der Waals surface area contributed by atoms with Crippen LogP contribution >= 0.6 is 0 Å². The van der Waals surface area contributed by atoms with E-state index in [4.69, 9.17) is 9.72 Å². The van der Waals surface area contributed by atoms with Crippen molar-refractivity contribution < 1.29 is 21.9 Å².